The molecule has 1 amide bonds. The van der Waals surface area contributed by atoms with Gasteiger partial charge in [0.15, 0.2) is 0 Å². The van der Waals surface area contributed by atoms with Gasteiger partial charge in [0.25, 0.3) is 0 Å². The maximum atomic E-state index is 12.1. The predicted octanol–water partition coefficient (Wildman–Crippen LogP) is 3.06. The average Bonchev–Trinajstić information content (AvgIpc) is 2.66. The summed E-state index contributed by atoms with van der Waals surface area (Å²) in [5.41, 5.74) is 2.38. The van der Waals surface area contributed by atoms with Crippen LogP contribution in [0.1, 0.15) is 18.1 Å². The summed E-state index contributed by atoms with van der Waals surface area (Å²) in [6.45, 7) is 5.46. The summed E-state index contributed by atoms with van der Waals surface area (Å²) in [5, 5.41) is 2.91. The lowest BCUT2D eigenvalue weighted by Gasteiger charge is -2.24. The van der Waals surface area contributed by atoms with Crippen molar-refractivity contribution in [1.29, 1.82) is 0 Å². The Kier molecular flexibility index (Phi) is 8.14. The van der Waals surface area contributed by atoms with E-state index < -0.39 is 0 Å². The molecule has 2 rings (SSSR count). The maximum Gasteiger partial charge on any atom is 0.234 e. The lowest BCUT2D eigenvalue weighted by molar-refractivity contribution is -0.122. The number of hydrogen-bond acceptors (Lipinski definition) is 4. The fraction of sp³-hybridized carbons (Fsp3) is 0.409. The van der Waals surface area contributed by atoms with Gasteiger partial charge < -0.3 is 14.8 Å². The van der Waals surface area contributed by atoms with Crippen LogP contribution in [0.5, 0.6) is 11.5 Å². The average molecular weight is 370 g/mol. The molecule has 2 aromatic carbocycles. The topological polar surface area (TPSA) is 50.8 Å². The van der Waals surface area contributed by atoms with E-state index >= 15 is 0 Å². The molecule has 1 atom stereocenters. The first-order chi connectivity index (χ1) is 13.0. The van der Waals surface area contributed by atoms with Crippen molar-refractivity contribution in [2.75, 3.05) is 33.9 Å². The highest BCUT2D eigenvalue weighted by Gasteiger charge is 2.13. The lowest BCUT2D eigenvalue weighted by Crippen LogP contribution is -2.41. The molecule has 0 aliphatic carbocycles. The molecule has 0 bridgehead atoms. The fourth-order valence-electron chi connectivity index (χ4n) is 2.76. The Morgan fingerprint density at radius 2 is 1.89 bits per heavy atom. The molecule has 0 radical (unpaired) electrons. The smallest absolute Gasteiger partial charge is 0.234 e. The second kappa shape index (κ2) is 10.6. The number of aryl methyl sites for hydroxylation is 1. The van der Waals surface area contributed by atoms with E-state index in [1.165, 1.54) is 5.56 Å². The maximum absolute atomic E-state index is 12.1. The van der Waals surface area contributed by atoms with Gasteiger partial charge >= 0.3 is 0 Å². The van der Waals surface area contributed by atoms with Gasteiger partial charge in [-0.2, -0.15) is 0 Å². The van der Waals surface area contributed by atoms with E-state index in [0.717, 1.165) is 23.5 Å². The first kappa shape index (κ1) is 20.8. The molecule has 0 aliphatic heterocycles. The van der Waals surface area contributed by atoms with Gasteiger partial charge in [-0.3, -0.25) is 9.69 Å². The normalized spacial score (nSPS) is 11.9. The Labute approximate surface area is 162 Å². The van der Waals surface area contributed by atoms with Crippen LogP contribution in [0.15, 0.2) is 48.5 Å². The number of likely N-dealkylation sites (N-methyl/N-ethyl adjacent to an activating group) is 1. The molecular formula is C22H30N2O3. The van der Waals surface area contributed by atoms with Crippen LogP contribution in [0.25, 0.3) is 0 Å². The third kappa shape index (κ3) is 7.31. The molecule has 27 heavy (non-hydrogen) atoms. The number of nitrogens with zero attached hydrogens (tertiary/aromatic N) is 1. The van der Waals surface area contributed by atoms with Gasteiger partial charge in [0.1, 0.15) is 18.1 Å². The minimum Gasteiger partial charge on any atom is -0.497 e. The van der Waals surface area contributed by atoms with E-state index in [4.69, 9.17) is 9.47 Å². The van der Waals surface area contributed by atoms with Crippen molar-refractivity contribution in [1.82, 2.24) is 10.2 Å². The second-order valence-corrected chi connectivity index (χ2v) is 6.83. The van der Waals surface area contributed by atoms with Gasteiger partial charge in [0.05, 0.1) is 20.2 Å². The van der Waals surface area contributed by atoms with Crippen LogP contribution in [0.4, 0.5) is 0 Å². The molecule has 1 N–H and O–H groups in total. The van der Waals surface area contributed by atoms with Crippen molar-refractivity contribution >= 4 is 5.91 Å². The van der Waals surface area contributed by atoms with Gasteiger partial charge in [0, 0.05) is 6.04 Å². The lowest BCUT2D eigenvalue weighted by atomic mass is 10.1. The van der Waals surface area contributed by atoms with Crippen LogP contribution in [0.2, 0.25) is 0 Å². The third-order valence-electron chi connectivity index (χ3n) is 4.52. The summed E-state index contributed by atoms with van der Waals surface area (Å²) in [5.74, 6) is 1.69. The number of carbonyl (C=O) groups is 1. The Bertz CT molecular complexity index is 716. The zero-order valence-electron chi connectivity index (χ0n) is 16.7. The summed E-state index contributed by atoms with van der Waals surface area (Å²) in [7, 11) is 3.63. The van der Waals surface area contributed by atoms with Crippen LogP contribution in [0, 0.1) is 6.92 Å². The second-order valence-electron chi connectivity index (χ2n) is 6.83. The van der Waals surface area contributed by atoms with E-state index in [1.807, 2.05) is 50.4 Å². The summed E-state index contributed by atoms with van der Waals surface area (Å²) >= 11 is 0. The van der Waals surface area contributed by atoms with Crippen molar-refractivity contribution in [3.63, 3.8) is 0 Å². The Hall–Kier alpha value is -2.53. The standard InChI is InChI=1S/C22H30N2O3/c1-17-6-5-7-21(14-17)27-13-12-23-22(25)16-24(3)18(2)15-19-8-10-20(26-4)11-9-19/h5-11,14,18H,12-13,15-16H2,1-4H3,(H,23,25). The number of ether oxygens (including phenoxy) is 2. The van der Waals surface area contributed by atoms with Crippen molar-refractivity contribution in [3.05, 3.63) is 59.7 Å². The first-order valence-corrected chi connectivity index (χ1v) is 9.27. The highest BCUT2D eigenvalue weighted by Crippen LogP contribution is 2.14. The van der Waals surface area contributed by atoms with Gasteiger partial charge in [0.2, 0.25) is 5.91 Å². The Morgan fingerprint density at radius 3 is 2.56 bits per heavy atom. The minimum atomic E-state index is 0.00641. The molecule has 0 aliphatic rings. The number of benzene rings is 2. The summed E-state index contributed by atoms with van der Waals surface area (Å²) in [6, 6.07) is 16.2. The van der Waals surface area contributed by atoms with Gasteiger partial charge in [-0.1, -0.05) is 24.3 Å². The quantitative estimate of drug-likeness (QED) is 0.653. The van der Waals surface area contributed by atoms with Gasteiger partial charge in [-0.25, -0.2) is 0 Å². The van der Waals surface area contributed by atoms with E-state index in [-0.39, 0.29) is 11.9 Å². The number of methoxy groups -OCH3 is 1. The molecule has 0 heterocycles. The largest absolute Gasteiger partial charge is 0.497 e. The van der Waals surface area contributed by atoms with E-state index in [0.29, 0.717) is 19.7 Å². The SMILES string of the molecule is COc1ccc(CC(C)N(C)CC(=O)NCCOc2cccc(C)c2)cc1. The van der Waals surface area contributed by atoms with Crippen molar-refractivity contribution in [2.24, 2.45) is 0 Å². The van der Waals surface area contributed by atoms with E-state index in [1.54, 1.807) is 7.11 Å². The predicted molar refractivity (Wildman–Crippen MR) is 108 cm³/mol. The number of nitrogens with one attached hydrogen (secondary N) is 1. The highest BCUT2D eigenvalue weighted by atomic mass is 16.5. The number of hydrogen-bond donors (Lipinski definition) is 1. The van der Waals surface area contributed by atoms with Crippen LogP contribution >= 0.6 is 0 Å². The monoisotopic (exact) mass is 370 g/mol. The third-order valence-corrected chi connectivity index (χ3v) is 4.52. The number of amides is 1. The molecule has 0 spiro atoms. The summed E-state index contributed by atoms with van der Waals surface area (Å²) in [6.07, 6.45) is 0.879. The van der Waals surface area contributed by atoms with Crippen LogP contribution in [0.3, 0.4) is 0 Å². The molecule has 1 unspecified atom stereocenters. The first-order valence-electron chi connectivity index (χ1n) is 9.27. The molecule has 0 saturated heterocycles. The van der Waals surface area contributed by atoms with Crippen LogP contribution < -0.4 is 14.8 Å². The molecule has 5 nitrogen and oxygen atoms in total. The van der Waals surface area contributed by atoms with Crippen molar-refractivity contribution < 1.29 is 14.3 Å². The van der Waals surface area contributed by atoms with Gasteiger partial charge in [-0.15, -0.1) is 0 Å². The van der Waals surface area contributed by atoms with E-state index in [2.05, 4.69) is 29.3 Å². The fourth-order valence-corrected chi connectivity index (χ4v) is 2.76. The zero-order valence-corrected chi connectivity index (χ0v) is 16.7. The molecule has 0 fully saturated rings. The Morgan fingerprint density at radius 1 is 1.15 bits per heavy atom. The Balaban J connectivity index is 1.67. The highest BCUT2D eigenvalue weighted by molar-refractivity contribution is 5.78. The van der Waals surface area contributed by atoms with Crippen molar-refractivity contribution in [3.8, 4) is 11.5 Å². The molecule has 5 heteroatoms. The number of rotatable bonds is 10. The molecule has 2 aromatic rings. The van der Waals surface area contributed by atoms with Crippen molar-refractivity contribution in [2.45, 2.75) is 26.3 Å². The number of carbonyl (C=O) groups excluding carboxylic acids is 1. The zero-order chi connectivity index (χ0) is 19.6. The molecule has 146 valence electrons. The molecule has 0 saturated carbocycles. The summed E-state index contributed by atoms with van der Waals surface area (Å²) < 4.78 is 10.8. The molecule has 0 aromatic heterocycles. The van der Waals surface area contributed by atoms with Crippen LogP contribution in [-0.4, -0.2) is 50.7 Å². The van der Waals surface area contributed by atoms with Gasteiger partial charge in [-0.05, 0) is 62.7 Å². The summed E-state index contributed by atoms with van der Waals surface area (Å²) in [4.78, 5) is 14.2. The molecular weight excluding hydrogens is 340 g/mol. The van der Waals surface area contributed by atoms with Crippen LogP contribution in [-0.2, 0) is 11.2 Å². The van der Waals surface area contributed by atoms with E-state index in [9.17, 15) is 4.79 Å². The minimum absolute atomic E-state index is 0.00641.